The molecule has 24 heavy (non-hydrogen) atoms. The van der Waals surface area contributed by atoms with Crippen molar-refractivity contribution in [2.24, 2.45) is 0 Å². The zero-order valence-corrected chi connectivity index (χ0v) is 14.8. The van der Waals surface area contributed by atoms with Gasteiger partial charge in [-0.15, -0.1) is 0 Å². The number of halogens is 1. The second kappa shape index (κ2) is 8.35. The van der Waals surface area contributed by atoms with Crippen LogP contribution in [-0.4, -0.2) is 45.4 Å². The minimum absolute atomic E-state index is 0.274. The number of nitrogens with zero attached hydrogens (tertiary/aromatic N) is 3. The van der Waals surface area contributed by atoms with Crippen LogP contribution < -0.4 is 0 Å². The minimum atomic E-state index is -0.348. The smallest absolute Gasteiger partial charge is 0.227 e. The van der Waals surface area contributed by atoms with Crippen molar-refractivity contribution in [1.29, 1.82) is 0 Å². The lowest BCUT2D eigenvalue weighted by atomic mass is 10.1. The minimum Gasteiger partial charge on any atom is -0.392 e. The van der Waals surface area contributed by atoms with Gasteiger partial charge in [0.05, 0.1) is 6.10 Å². The van der Waals surface area contributed by atoms with Crippen molar-refractivity contribution < 1.29 is 14.0 Å². The summed E-state index contributed by atoms with van der Waals surface area (Å²) in [6.45, 7) is 9.22. The molecule has 0 saturated carbocycles. The Labute approximate surface area is 142 Å². The molecule has 0 spiro atoms. The highest BCUT2D eigenvalue weighted by atomic mass is 19.1. The maximum absolute atomic E-state index is 13.6. The van der Waals surface area contributed by atoms with Crippen LogP contribution in [0.5, 0.6) is 0 Å². The third-order valence-corrected chi connectivity index (χ3v) is 3.96. The molecule has 2 rings (SSSR count). The van der Waals surface area contributed by atoms with E-state index in [0.717, 1.165) is 13.0 Å². The molecular formula is C18H26FN3O2. The Morgan fingerprint density at radius 1 is 1.29 bits per heavy atom. The first kappa shape index (κ1) is 18.5. The average Bonchev–Trinajstić information content (AvgIpc) is 2.97. The van der Waals surface area contributed by atoms with Gasteiger partial charge in [0.2, 0.25) is 11.7 Å². The van der Waals surface area contributed by atoms with Crippen molar-refractivity contribution in [2.75, 3.05) is 13.1 Å². The first-order valence-electron chi connectivity index (χ1n) is 8.38. The molecule has 1 heterocycles. The van der Waals surface area contributed by atoms with E-state index in [2.05, 4.69) is 28.9 Å². The van der Waals surface area contributed by atoms with Crippen molar-refractivity contribution >= 4 is 0 Å². The van der Waals surface area contributed by atoms with Crippen LogP contribution in [0.4, 0.5) is 4.39 Å². The van der Waals surface area contributed by atoms with Crippen molar-refractivity contribution in [3.8, 4) is 11.4 Å². The first-order chi connectivity index (χ1) is 11.4. The lowest BCUT2D eigenvalue weighted by Crippen LogP contribution is -2.37. The summed E-state index contributed by atoms with van der Waals surface area (Å²) < 4.78 is 18.9. The van der Waals surface area contributed by atoms with Crippen molar-refractivity contribution in [2.45, 2.75) is 52.7 Å². The van der Waals surface area contributed by atoms with Gasteiger partial charge in [-0.1, -0.05) is 17.3 Å². The van der Waals surface area contributed by atoms with Crippen molar-refractivity contribution in [3.05, 3.63) is 35.5 Å². The zero-order valence-electron chi connectivity index (χ0n) is 14.8. The Morgan fingerprint density at radius 3 is 2.67 bits per heavy atom. The molecule has 0 aliphatic carbocycles. The Bertz CT molecular complexity index is 655. The molecule has 0 bridgehead atoms. The number of aliphatic hydroxyl groups is 1. The normalized spacial score (nSPS) is 13.0. The summed E-state index contributed by atoms with van der Waals surface area (Å²) in [5.41, 5.74) is 1.21. The van der Waals surface area contributed by atoms with Gasteiger partial charge >= 0.3 is 0 Å². The second-order valence-electron chi connectivity index (χ2n) is 6.52. The van der Waals surface area contributed by atoms with Crippen LogP contribution in [0, 0.1) is 12.7 Å². The standard InChI is InChI=1S/C18H26FN3O2/c1-12(2)22(11-14(4)23)9-5-6-17-20-18(21-24-17)15-8-7-13(3)16(19)10-15/h7-8,10,12,14,23H,5-6,9,11H2,1-4H3. The largest absolute Gasteiger partial charge is 0.392 e. The Kier molecular flexibility index (Phi) is 6.45. The third kappa shape index (κ3) is 5.11. The molecule has 0 fully saturated rings. The molecule has 1 aromatic carbocycles. The molecule has 132 valence electrons. The van der Waals surface area contributed by atoms with E-state index < -0.39 is 0 Å². The predicted octanol–water partition coefficient (Wildman–Crippen LogP) is 3.21. The number of aryl methyl sites for hydroxylation is 2. The summed E-state index contributed by atoms with van der Waals surface area (Å²) in [7, 11) is 0. The molecular weight excluding hydrogens is 309 g/mol. The van der Waals surface area contributed by atoms with Gasteiger partial charge in [-0.25, -0.2) is 4.39 Å². The summed E-state index contributed by atoms with van der Waals surface area (Å²) in [5.74, 6) is 0.685. The van der Waals surface area contributed by atoms with Crippen molar-refractivity contribution in [1.82, 2.24) is 15.0 Å². The van der Waals surface area contributed by atoms with E-state index in [1.807, 2.05) is 0 Å². The predicted molar refractivity (Wildman–Crippen MR) is 91.1 cm³/mol. The Hall–Kier alpha value is -1.79. The Balaban J connectivity index is 1.92. The molecule has 0 saturated heterocycles. The molecule has 0 aliphatic heterocycles. The van der Waals surface area contributed by atoms with Crippen LogP contribution >= 0.6 is 0 Å². The van der Waals surface area contributed by atoms with Gasteiger partial charge in [0.25, 0.3) is 0 Å². The van der Waals surface area contributed by atoms with Gasteiger partial charge in [-0.2, -0.15) is 4.98 Å². The highest BCUT2D eigenvalue weighted by molar-refractivity contribution is 5.54. The highest BCUT2D eigenvalue weighted by Crippen LogP contribution is 2.19. The quantitative estimate of drug-likeness (QED) is 0.802. The summed E-state index contributed by atoms with van der Waals surface area (Å²) in [5, 5.41) is 13.5. The van der Waals surface area contributed by atoms with E-state index in [1.165, 1.54) is 6.07 Å². The molecule has 2 aromatic rings. The highest BCUT2D eigenvalue weighted by Gasteiger charge is 2.14. The first-order valence-corrected chi connectivity index (χ1v) is 8.38. The summed E-state index contributed by atoms with van der Waals surface area (Å²) in [4.78, 5) is 6.56. The Morgan fingerprint density at radius 2 is 2.04 bits per heavy atom. The molecule has 1 aromatic heterocycles. The van der Waals surface area contributed by atoms with Gasteiger partial charge in [0.1, 0.15) is 5.82 Å². The van der Waals surface area contributed by atoms with Crippen LogP contribution in [0.1, 0.15) is 38.6 Å². The van der Waals surface area contributed by atoms with E-state index in [9.17, 15) is 9.50 Å². The third-order valence-electron chi connectivity index (χ3n) is 3.96. The van der Waals surface area contributed by atoms with Crippen LogP contribution in [-0.2, 0) is 6.42 Å². The molecule has 1 atom stereocenters. The van der Waals surface area contributed by atoms with Crippen LogP contribution in [0.2, 0.25) is 0 Å². The molecule has 0 amide bonds. The summed E-state index contributed by atoms with van der Waals surface area (Å²) in [6, 6.07) is 5.29. The van der Waals surface area contributed by atoms with E-state index >= 15 is 0 Å². The van der Waals surface area contributed by atoms with E-state index in [-0.39, 0.29) is 11.9 Å². The van der Waals surface area contributed by atoms with Crippen LogP contribution in [0.25, 0.3) is 11.4 Å². The fourth-order valence-corrected chi connectivity index (χ4v) is 2.54. The van der Waals surface area contributed by atoms with Crippen LogP contribution in [0.3, 0.4) is 0 Å². The summed E-state index contributed by atoms with van der Waals surface area (Å²) in [6.07, 6.45) is 1.16. The fraction of sp³-hybridized carbons (Fsp3) is 0.556. The number of hydrogen-bond acceptors (Lipinski definition) is 5. The number of aromatic nitrogens is 2. The molecule has 1 N–H and O–H groups in total. The lowest BCUT2D eigenvalue weighted by Gasteiger charge is -2.27. The molecule has 5 nitrogen and oxygen atoms in total. The molecule has 0 radical (unpaired) electrons. The van der Waals surface area contributed by atoms with Gasteiger partial charge in [0, 0.05) is 24.6 Å². The summed E-state index contributed by atoms with van der Waals surface area (Å²) >= 11 is 0. The van der Waals surface area contributed by atoms with E-state index in [0.29, 0.717) is 41.8 Å². The maximum atomic E-state index is 13.6. The second-order valence-corrected chi connectivity index (χ2v) is 6.52. The zero-order chi connectivity index (χ0) is 17.7. The van der Waals surface area contributed by atoms with Crippen molar-refractivity contribution in [3.63, 3.8) is 0 Å². The number of benzene rings is 1. The molecule has 6 heteroatoms. The average molecular weight is 335 g/mol. The number of aliphatic hydroxyl groups excluding tert-OH is 1. The monoisotopic (exact) mass is 335 g/mol. The topological polar surface area (TPSA) is 62.4 Å². The molecule has 1 unspecified atom stereocenters. The molecule has 0 aliphatic rings. The fourth-order valence-electron chi connectivity index (χ4n) is 2.54. The SMILES string of the molecule is Cc1ccc(-c2noc(CCCN(CC(C)O)C(C)C)n2)cc1F. The van der Waals surface area contributed by atoms with Crippen LogP contribution in [0.15, 0.2) is 22.7 Å². The van der Waals surface area contributed by atoms with Gasteiger partial charge in [0.15, 0.2) is 0 Å². The van der Waals surface area contributed by atoms with Gasteiger partial charge in [-0.05, 0) is 52.3 Å². The number of rotatable bonds is 8. The lowest BCUT2D eigenvalue weighted by molar-refractivity contribution is 0.106. The van der Waals surface area contributed by atoms with E-state index in [1.54, 1.807) is 26.0 Å². The van der Waals surface area contributed by atoms with E-state index in [4.69, 9.17) is 4.52 Å². The van der Waals surface area contributed by atoms with Gasteiger partial charge in [-0.3, -0.25) is 4.90 Å². The van der Waals surface area contributed by atoms with Gasteiger partial charge < -0.3 is 9.63 Å². The number of hydrogen-bond donors (Lipinski definition) is 1. The maximum Gasteiger partial charge on any atom is 0.227 e.